The Balaban J connectivity index is 2.44. The number of aliphatic hydroxyl groups excluding tert-OH is 1. The smallest absolute Gasteiger partial charge is 0.247 e. The summed E-state index contributed by atoms with van der Waals surface area (Å²) in [6, 6.07) is 0.0448. The third-order valence-corrected chi connectivity index (χ3v) is 6.13. The molecule has 1 aliphatic rings. The number of nitrogens with zero attached hydrogens (tertiary/aromatic N) is 2. The second-order valence-electron chi connectivity index (χ2n) is 5.31. The highest BCUT2D eigenvalue weighted by Crippen LogP contribution is 2.29. The summed E-state index contributed by atoms with van der Waals surface area (Å²) in [7, 11) is -3.60. The van der Waals surface area contributed by atoms with E-state index in [2.05, 4.69) is 10.2 Å². The van der Waals surface area contributed by atoms with Gasteiger partial charge in [0.25, 0.3) is 0 Å². The van der Waals surface area contributed by atoms with Crippen LogP contribution in [0.5, 0.6) is 0 Å². The van der Waals surface area contributed by atoms with Crippen LogP contribution in [0.3, 0.4) is 0 Å². The van der Waals surface area contributed by atoms with Crippen molar-refractivity contribution in [2.75, 3.05) is 6.54 Å². The van der Waals surface area contributed by atoms with E-state index in [0.717, 1.165) is 32.1 Å². The van der Waals surface area contributed by atoms with Gasteiger partial charge in [-0.25, -0.2) is 8.42 Å². The van der Waals surface area contributed by atoms with E-state index in [1.165, 1.54) is 0 Å². The number of aromatic amines is 1. The monoisotopic (exact) mass is 301 g/mol. The van der Waals surface area contributed by atoms with Gasteiger partial charge in [-0.2, -0.15) is 9.40 Å². The third kappa shape index (κ3) is 2.75. The number of sulfonamides is 1. The van der Waals surface area contributed by atoms with Gasteiger partial charge in [0.1, 0.15) is 10.6 Å². The summed E-state index contributed by atoms with van der Waals surface area (Å²) in [6.45, 7) is 3.88. The minimum Gasteiger partial charge on any atom is -0.390 e. The first-order chi connectivity index (χ1) is 9.52. The van der Waals surface area contributed by atoms with Crippen LogP contribution in [-0.2, 0) is 16.6 Å². The van der Waals surface area contributed by atoms with E-state index < -0.39 is 10.0 Å². The molecule has 1 aromatic rings. The Hall–Kier alpha value is -0.920. The SMILES string of the molecule is CCC1CCCCCN1S(=O)(=O)c1c(CO)n[nH]c1C. The largest absolute Gasteiger partial charge is 0.390 e. The van der Waals surface area contributed by atoms with Crippen LogP contribution in [0, 0.1) is 6.92 Å². The highest BCUT2D eigenvalue weighted by molar-refractivity contribution is 7.89. The molecule has 0 spiro atoms. The number of H-pyrrole nitrogens is 1. The quantitative estimate of drug-likeness (QED) is 0.883. The van der Waals surface area contributed by atoms with Crippen molar-refractivity contribution >= 4 is 10.0 Å². The fourth-order valence-electron chi connectivity index (χ4n) is 2.91. The van der Waals surface area contributed by atoms with Crippen molar-refractivity contribution in [1.82, 2.24) is 14.5 Å². The zero-order valence-corrected chi connectivity index (χ0v) is 12.9. The zero-order chi connectivity index (χ0) is 14.8. The minimum atomic E-state index is -3.60. The van der Waals surface area contributed by atoms with Crippen LogP contribution in [-0.4, -0.2) is 40.6 Å². The van der Waals surface area contributed by atoms with Crippen molar-refractivity contribution in [3.8, 4) is 0 Å². The molecule has 0 aromatic carbocycles. The molecule has 1 aromatic heterocycles. The van der Waals surface area contributed by atoms with Crippen LogP contribution in [0.4, 0.5) is 0 Å². The van der Waals surface area contributed by atoms with Crippen molar-refractivity contribution in [3.63, 3.8) is 0 Å². The standard InChI is InChI=1S/C13H23N3O3S/c1-3-11-7-5-4-6-8-16(11)20(18,19)13-10(2)14-15-12(13)9-17/h11,17H,3-9H2,1-2H3,(H,14,15). The molecule has 0 amide bonds. The molecule has 2 rings (SSSR count). The maximum absolute atomic E-state index is 12.9. The molecule has 1 fully saturated rings. The van der Waals surface area contributed by atoms with E-state index in [1.807, 2.05) is 6.92 Å². The topological polar surface area (TPSA) is 86.3 Å². The first-order valence-electron chi connectivity index (χ1n) is 7.19. The normalized spacial score (nSPS) is 21.9. The molecule has 2 N–H and O–H groups in total. The number of hydrogen-bond acceptors (Lipinski definition) is 4. The lowest BCUT2D eigenvalue weighted by Gasteiger charge is -2.28. The second kappa shape index (κ2) is 6.24. The maximum Gasteiger partial charge on any atom is 0.247 e. The Morgan fingerprint density at radius 2 is 2.15 bits per heavy atom. The fourth-order valence-corrected chi connectivity index (χ4v) is 5.00. The highest BCUT2D eigenvalue weighted by atomic mass is 32.2. The number of aliphatic hydroxyl groups is 1. The number of aryl methyl sites for hydroxylation is 1. The van der Waals surface area contributed by atoms with Gasteiger partial charge in [0.05, 0.1) is 12.3 Å². The molecule has 0 radical (unpaired) electrons. The molecule has 1 atom stereocenters. The van der Waals surface area contributed by atoms with Crippen LogP contribution in [0.15, 0.2) is 4.90 Å². The van der Waals surface area contributed by atoms with Crippen LogP contribution in [0.1, 0.15) is 50.4 Å². The molecule has 7 heteroatoms. The Morgan fingerprint density at radius 3 is 2.80 bits per heavy atom. The van der Waals surface area contributed by atoms with E-state index in [4.69, 9.17) is 0 Å². The number of nitrogens with one attached hydrogen (secondary N) is 1. The van der Waals surface area contributed by atoms with E-state index >= 15 is 0 Å². The van der Waals surface area contributed by atoms with Crippen molar-refractivity contribution < 1.29 is 13.5 Å². The molecular weight excluding hydrogens is 278 g/mol. The van der Waals surface area contributed by atoms with Gasteiger partial charge in [0, 0.05) is 12.6 Å². The van der Waals surface area contributed by atoms with Gasteiger partial charge in [-0.15, -0.1) is 0 Å². The zero-order valence-electron chi connectivity index (χ0n) is 12.1. The van der Waals surface area contributed by atoms with Crippen LogP contribution in [0.2, 0.25) is 0 Å². The third-order valence-electron chi connectivity index (χ3n) is 3.97. The molecule has 2 heterocycles. The van der Waals surface area contributed by atoms with E-state index in [0.29, 0.717) is 12.2 Å². The number of hydrogen-bond donors (Lipinski definition) is 2. The molecule has 1 unspecified atom stereocenters. The van der Waals surface area contributed by atoms with Gasteiger partial charge in [-0.1, -0.05) is 19.8 Å². The van der Waals surface area contributed by atoms with Crippen LogP contribution < -0.4 is 0 Å². The second-order valence-corrected chi connectivity index (χ2v) is 7.14. The lowest BCUT2D eigenvalue weighted by Crippen LogP contribution is -2.40. The molecule has 1 saturated heterocycles. The van der Waals surface area contributed by atoms with Crippen molar-refractivity contribution in [2.45, 2.75) is 63.5 Å². The lowest BCUT2D eigenvalue weighted by atomic mass is 10.1. The maximum atomic E-state index is 12.9. The number of rotatable bonds is 4. The molecule has 0 bridgehead atoms. The summed E-state index contributed by atoms with van der Waals surface area (Å²) in [5, 5.41) is 15.9. The number of aromatic nitrogens is 2. The van der Waals surface area contributed by atoms with Gasteiger partial charge < -0.3 is 5.11 Å². The molecule has 20 heavy (non-hydrogen) atoms. The summed E-state index contributed by atoms with van der Waals surface area (Å²) in [5.41, 5.74) is 0.703. The lowest BCUT2D eigenvalue weighted by molar-refractivity contribution is 0.271. The summed E-state index contributed by atoms with van der Waals surface area (Å²) in [5.74, 6) is 0. The fraction of sp³-hybridized carbons (Fsp3) is 0.769. The van der Waals surface area contributed by atoms with Gasteiger partial charge >= 0.3 is 0 Å². The average molecular weight is 301 g/mol. The summed E-state index contributed by atoms with van der Waals surface area (Å²) >= 11 is 0. The van der Waals surface area contributed by atoms with Crippen molar-refractivity contribution in [1.29, 1.82) is 0 Å². The van der Waals surface area contributed by atoms with E-state index in [1.54, 1.807) is 11.2 Å². The minimum absolute atomic E-state index is 0.0448. The Kier molecular flexibility index (Phi) is 4.82. The molecule has 0 saturated carbocycles. The van der Waals surface area contributed by atoms with E-state index in [9.17, 15) is 13.5 Å². The van der Waals surface area contributed by atoms with Crippen LogP contribution >= 0.6 is 0 Å². The first-order valence-corrected chi connectivity index (χ1v) is 8.63. The summed E-state index contributed by atoms with van der Waals surface area (Å²) in [4.78, 5) is 0.153. The Morgan fingerprint density at radius 1 is 1.40 bits per heavy atom. The molecule has 0 aliphatic carbocycles. The van der Waals surface area contributed by atoms with Crippen LogP contribution in [0.25, 0.3) is 0 Å². The van der Waals surface area contributed by atoms with Gasteiger partial charge in [0.15, 0.2) is 0 Å². The average Bonchev–Trinajstić information content (AvgIpc) is 2.65. The Bertz CT molecular complexity index is 553. The molecular formula is C13H23N3O3S. The van der Waals surface area contributed by atoms with Crippen molar-refractivity contribution in [2.24, 2.45) is 0 Å². The van der Waals surface area contributed by atoms with Gasteiger partial charge in [-0.3, -0.25) is 5.10 Å². The van der Waals surface area contributed by atoms with Crippen molar-refractivity contribution in [3.05, 3.63) is 11.4 Å². The van der Waals surface area contributed by atoms with Gasteiger partial charge in [0.2, 0.25) is 10.0 Å². The highest BCUT2D eigenvalue weighted by Gasteiger charge is 2.35. The predicted octanol–water partition coefficient (Wildman–Crippen LogP) is 1.55. The Labute approximate surface area is 120 Å². The summed E-state index contributed by atoms with van der Waals surface area (Å²) < 4.78 is 27.5. The predicted molar refractivity (Wildman–Crippen MR) is 75.7 cm³/mol. The molecule has 114 valence electrons. The first kappa shape index (κ1) is 15.5. The van der Waals surface area contributed by atoms with Gasteiger partial charge in [-0.05, 0) is 26.2 Å². The molecule has 1 aliphatic heterocycles. The molecule has 6 nitrogen and oxygen atoms in total. The van der Waals surface area contributed by atoms with E-state index in [-0.39, 0.29) is 23.2 Å². The summed E-state index contributed by atoms with van der Waals surface area (Å²) in [6.07, 6.45) is 4.74.